The van der Waals surface area contributed by atoms with E-state index in [1.165, 1.54) is 49.7 Å². The van der Waals surface area contributed by atoms with Gasteiger partial charge in [0.25, 0.3) is 0 Å². The highest BCUT2D eigenvalue weighted by Gasteiger charge is 2.52. The van der Waals surface area contributed by atoms with Crippen LogP contribution in [0.5, 0.6) is 11.5 Å². The lowest BCUT2D eigenvalue weighted by atomic mass is 9.48. The molecule has 0 heterocycles. The summed E-state index contributed by atoms with van der Waals surface area (Å²) in [6.45, 7) is 4.09. The van der Waals surface area contributed by atoms with Gasteiger partial charge in [-0.3, -0.25) is 0 Å². The minimum Gasteiger partial charge on any atom is -0.496 e. The van der Waals surface area contributed by atoms with Crippen molar-refractivity contribution in [3.05, 3.63) is 69.0 Å². The first-order valence-electron chi connectivity index (χ1n) is 11.9. The standard InChI is InChI=1S/C28H31IO4/c1-17(33-26-13-22(27(30)31)6-7-24(26)29)3-4-18-5-8-25(32-2)23(12-18)28-14-19-9-20(15-28)11-21(10-19)16-28/h5-8,12-13,19-21H,1,3-4,9-11,14-16H2,2H3,(H,30,31). The molecule has 4 nitrogen and oxygen atoms in total. The first kappa shape index (κ1) is 22.8. The highest BCUT2D eigenvalue weighted by Crippen LogP contribution is 2.61. The van der Waals surface area contributed by atoms with Crippen LogP contribution in [0.15, 0.2) is 48.7 Å². The van der Waals surface area contributed by atoms with E-state index in [0.717, 1.165) is 33.5 Å². The van der Waals surface area contributed by atoms with Gasteiger partial charge in [-0.2, -0.15) is 0 Å². The van der Waals surface area contributed by atoms with E-state index in [4.69, 9.17) is 9.47 Å². The summed E-state index contributed by atoms with van der Waals surface area (Å²) in [6, 6.07) is 11.6. The molecule has 0 unspecified atom stereocenters. The van der Waals surface area contributed by atoms with Crippen LogP contribution in [0.1, 0.15) is 66.4 Å². The number of ether oxygens (including phenoxy) is 2. The first-order chi connectivity index (χ1) is 15.8. The molecule has 174 valence electrons. The molecule has 0 saturated heterocycles. The van der Waals surface area contributed by atoms with Crippen molar-refractivity contribution in [3.8, 4) is 11.5 Å². The Morgan fingerprint density at radius 1 is 1.06 bits per heavy atom. The summed E-state index contributed by atoms with van der Waals surface area (Å²) in [5, 5.41) is 9.25. The molecule has 33 heavy (non-hydrogen) atoms. The summed E-state index contributed by atoms with van der Waals surface area (Å²) in [5.41, 5.74) is 3.20. The summed E-state index contributed by atoms with van der Waals surface area (Å²) < 4.78 is 12.7. The van der Waals surface area contributed by atoms with E-state index < -0.39 is 5.97 Å². The van der Waals surface area contributed by atoms with E-state index in [1.54, 1.807) is 25.3 Å². The average Bonchev–Trinajstić information content (AvgIpc) is 2.78. The predicted molar refractivity (Wildman–Crippen MR) is 137 cm³/mol. The number of carbonyl (C=O) groups is 1. The van der Waals surface area contributed by atoms with Crippen molar-refractivity contribution < 1.29 is 19.4 Å². The van der Waals surface area contributed by atoms with Crippen molar-refractivity contribution in [2.75, 3.05) is 7.11 Å². The molecule has 0 spiro atoms. The van der Waals surface area contributed by atoms with Gasteiger partial charge in [-0.15, -0.1) is 0 Å². The number of benzene rings is 2. The Kier molecular flexibility index (Phi) is 6.19. The second-order valence-corrected chi connectivity index (χ2v) is 11.5. The summed E-state index contributed by atoms with van der Waals surface area (Å²) >= 11 is 2.16. The molecule has 4 aliphatic carbocycles. The molecule has 0 aliphatic heterocycles. The van der Waals surface area contributed by atoms with Crippen LogP contribution < -0.4 is 9.47 Å². The SMILES string of the molecule is C=C(CCc1ccc(OC)c(C23CC4CC(CC(C4)C2)C3)c1)Oc1cc(C(=O)O)ccc1I. The van der Waals surface area contributed by atoms with Crippen LogP contribution in [0, 0.1) is 21.3 Å². The molecule has 1 N–H and O–H groups in total. The second kappa shape index (κ2) is 8.97. The fourth-order valence-electron chi connectivity index (χ4n) is 6.97. The maximum Gasteiger partial charge on any atom is 0.335 e. The maximum atomic E-state index is 11.3. The molecule has 4 aliphatic rings. The highest BCUT2D eigenvalue weighted by atomic mass is 127. The van der Waals surface area contributed by atoms with Crippen molar-refractivity contribution >= 4 is 28.6 Å². The van der Waals surface area contributed by atoms with E-state index >= 15 is 0 Å². The van der Waals surface area contributed by atoms with Gasteiger partial charge in [-0.1, -0.05) is 18.7 Å². The summed E-state index contributed by atoms with van der Waals surface area (Å²) in [6.07, 6.45) is 9.74. The van der Waals surface area contributed by atoms with Crippen molar-refractivity contribution in [2.45, 2.75) is 56.8 Å². The Bertz CT molecular complexity index is 1050. The summed E-state index contributed by atoms with van der Waals surface area (Å²) in [4.78, 5) is 11.3. The fraction of sp³-hybridized carbons (Fsp3) is 0.464. The minimum atomic E-state index is -0.961. The molecule has 0 atom stereocenters. The number of methoxy groups -OCH3 is 1. The Morgan fingerprint density at radius 3 is 2.33 bits per heavy atom. The molecule has 0 amide bonds. The molecule has 2 aromatic rings. The van der Waals surface area contributed by atoms with Crippen molar-refractivity contribution in [1.82, 2.24) is 0 Å². The number of hydrogen-bond acceptors (Lipinski definition) is 3. The average molecular weight is 558 g/mol. The second-order valence-electron chi connectivity index (χ2n) is 10.3. The van der Waals surface area contributed by atoms with Gasteiger partial charge in [-0.25, -0.2) is 4.79 Å². The van der Waals surface area contributed by atoms with E-state index in [0.29, 0.717) is 17.9 Å². The largest absolute Gasteiger partial charge is 0.496 e. The zero-order chi connectivity index (χ0) is 23.2. The van der Waals surface area contributed by atoms with Gasteiger partial charge in [0, 0.05) is 12.0 Å². The lowest BCUT2D eigenvalue weighted by Gasteiger charge is -2.57. The van der Waals surface area contributed by atoms with Crippen LogP contribution in [-0.4, -0.2) is 18.2 Å². The van der Waals surface area contributed by atoms with Crippen LogP contribution in [-0.2, 0) is 11.8 Å². The number of carboxylic acids is 1. The number of aryl methyl sites for hydroxylation is 1. The lowest BCUT2D eigenvalue weighted by Crippen LogP contribution is -2.48. The van der Waals surface area contributed by atoms with Crippen LogP contribution in [0.2, 0.25) is 0 Å². The van der Waals surface area contributed by atoms with E-state index in [2.05, 4.69) is 47.4 Å². The van der Waals surface area contributed by atoms with Gasteiger partial charge >= 0.3 is 5.97 Å². The Labute approximate surface area is 209 Å². The van der Waals surface area contributed by atoms with Crippen molar-refractivity contribution in [3.63, 3.8) is 0 Å². The van der Waals surface area contributed by atoms with Crippen molar-refractivity contribution in [2.24, 2.45) is 17.8 Å². The Hall–Kier alpha value is -2.02. The zero-order valence-electron chi connectivity index (χ0n) is 19.1. The molecule has 4 bridgehead atoms. The zero-order valence-corrected chi connectivity index (χ0v) is 21.3. The lowest BCUT2D eigenvalue weighted by molar-refractivity contribution is -0.00619. The number of rotatable bonds is 8. The van der Waals surface area contributed by atoms with Gasteiger partial charge < -0.3 is 14.6 Å². The number of allylic oxidation sites excluding steroid dienone is 1. The molecular weight excluding hydrogens is 527 g/mol. The van der Waals surface area contributed by atoms with E-state index in [9.17, 15) is 9.90 Å². The van der Waals surface area contributed by atoms with Crippen LogP contribution in [0.25, 0.3) is 0 Å². The molecule has 4 fully saturated rings. The third-order valence-corrected chi connectivity index (χ3v) is 8.89. The van der Waals surface area contributed by atoms with Gasteiger partial charge in [0.2, 0.25) is 0 Å². The van der Waals surface area contributed by atoms with Gasteiger partial charge in [0.05, 0.1) is 22.0 Å². The van der Waals surface area contributed by atoms with Gasteiger partial charge in [0.15, 0.2) is 0 Å². The first-order valence-corrected chi connectivity index (χ1v) is 13.0. The van der Waals surface area contributed by atoms with Crippen LogP contribution in [0.4, 0.5) is 0 Å². The van der Waals surface area contributed by atoms with Gasteiger partial charge in [0.1, 0.15) is 11.5 Å². The molecule has 0 aromatic heterocycles. The predicted octanol–water partition coefficient (Wildman–Crippen LogP) is 6.99. The van der Waals surface area contributed by atoms with Crippen LogP contribution in [0.3, 0.4) is 0 Å². The third kappa shape index (κ3) is 4.53. The topological polar surface area (TPSA) is 55.8 Å². The van der Waals surface area contributed by atoms with E-state index in [-0.39, 0.29) is 11.0 Å². The Balaban J connectivity index is 1.31. The number of halogens is 1. The third-order valence-electron chi connectivity index (χ3n) is 8.00. The van der Waals surface area contributed by atoms with Crippen molar-refractivity contribution in [1.29, 1.82) is 0 Å². The smallest absolute Gasteiger partial charge is 0.335 e. The normalized spacial score (nSPS) is 27.4. The molecule has 6 rings (SSSR count). The molecular formula is C28H31IO4. The molecule has 4 saturated carbocycles. The van der Waals surface area contributed by atoms with Crippen LogP contribution >= 0.6 is 22.6 Å². The highest BCUT2D eigenvalue weighted by molar-refractivity contribution is 14.1. The molecule has 0 radical (unpaired) electrons. The quantitative estimate of drug-likeness (QED) is 0.280. The Morgan fingerprint density at radius 2 is 1.73 bits per heavy atom. The molecule has 2 aromatic carbocycles. The minimum absolute atomic E-state index is 0.216. The van der Waals surface area contributed by atoms with E-state index in [1.807, 2.05) is 0 Å². The number of aromatic carboxylic acids is 1. The molecule has 5 heteroatoms. The maximum absolute atomic E-state index is 11.3. The summed E-state index contributed by atoms with van der Waals surface area (Å²) in [5.74, 6) is 3.94. The fourth-order valence-corrected chi connectivity index (χ4v) is 7.42. The number of hydrogen-bond donors (Lipinski definition) is 1. The summed E-state index contributed by atoms with van der Waals surface area (Å²) in [7, 11) is 1.79. The number of carboxylic acid groups (broad SMARTS) is 1. The van der Waals surface area contributed by atoms with Gasteiger partial charge in [-0.05, 0) is 121 Å². The monoisotopic (exact) mass is 558 g/mol.